The van der Waals surface area contributed by atoms with Crippen molar-refractivity contribution in [1.29, 1.82) is 0 Å². The van der Waals surface area contributed by atoms with Crippen LogP contribution < -0.4 is 11.1 Å². The molecule has 21 heavy (non-hydrogen) atoms. The van der Waals surface area contributed by atoms with Crippen LogP contribution in [0.15, 0.2) is 54.6 Å². The average molecular weight is 284 g/mol. The van der Waals surface area contributed by atoms with E-state index in [9.17, 15) is 9.90 Å². The molecule has 0 spiro atoms. The van der Waals surface area contributed by atoms with E-state index in [2.05, 4.69) is 5.32 Å². The number of hydrogen-bond acceptors (Lipinski definition) is 3. The maximum absolute atomic E-state index is 11.0. The first-order valence-electron chi connectivity index (χ1n) is 6.85. The van der Waals surface area contributed by atoms with Gasteiger partial charge in [0.05, 0.1) is 12.1 Å². The zero-order valence-corrected chi connectivity index (χ0v) is 12.0. The lowest BCUT2D eigenvalue weighted by atomic mass is 9.92. The van der Waals surface area contributed by atoms with E-state index in [0.717, 1.165) is 11.1 Å². The van der Waals surface area contributed by atoms with Crippen LogP contribution in [0.5, 0.6) is 0 Å². The van der Waals surface area contributed by atoms with Gasteiger partial charge in [-0.05, 0) is 30.2 Å². The number of carbonyl (C=O) groups excluding carboxylic acids is 1. The number of aliphatic hydroxyl groups is 1. The van der Waals surface area contributed by atoms with Crippen molar-refractivity contribution < 1.29 is 9.90 Å². The van der Waals surface area contributed by atoms with Crippen molar-refractivity contribution in [1.82, 2.24) is 5.32 Å². The van der Waals surface area contributed by atoms with Gasteiger partial charge in [-0.15, -0.1) is 0 Å². The van der Waals surface area contributed by atoms with Crippen LogP contribution in [-0.2, 0) is 12.1 Å². The van der Waals surface area contributed by atoms with Crippen molar-refractivity contribution in [3.05, 3.63) is 71.3 Å². The fourth-order valence-electron chi connectivity index (χ4n) is 2.14. The number of hydrogen-bond donors (Lipinski definition) is 3. The van der Waals surface area contributed by atoms with Gasteiger partial charge in [0, 0.05) is 12.1 Å². The van der Waals surface area contributed by atoms with Crippen LogP contribution in [0.2, 0.25) is 0 Å². The summed E-state index contributed by atoms with van der Waals surface area (Å²) in [6.45, 7) is 2.54. The van der Waals surface area contributed by atoms with Gasteiger partial charge in [0.1, 0.15) is 0 Å². The molecule has 0 aliphatic heterocycles. The van der Waals surface area contributed by atoms with E-state index in [1.165, 1.54) is 0 Å². The second kappa shape index (κ2) is 6.52. The maximum atomic E-state index is 11.0. The summed E-state index contributed by atoms with van der Waals surface area (Å²) in [6.07, 6.45) is 0. The topological polar surface area (TPSA) is 75.3 Å². The number of primary amides is 1. The normalized spacial score (nSPS) is 13.6. The molecule has 0 saturated carbocycles. The Morgan fingerprint density at radius 3 is 2.29 bits per heavy atom. The Balaban J connectivity index is 2.08. The van der Waals surface area contributed by atoms with E-state index < -0.39 is 11.4 Å². The Morgan fingerprint density at radius 1 is 1.14 bits per heavy atom. The fraction of sp³-hybridized carbons (Fsp3) is 0.235. The Labute approximate surface area is 124 Å². The van der Waals surface area contributed by atoms with Crippen molar-refractivity contribution in [2.24, 2.45) is 5.73 Å². The zero-order valence-electron chi connectivity index (χ0n) is 12.0. The predicted molar refractivity (Wildman–Crippen MR) is 82.7 cm³/mol. The van der Waals surface area contributed by atoms with Crippen LogP contribution in [-0.4, -0.2) is 17.6 Å². The van der Waals surface area contributed by atoms with Crippen LogP contribution >= 0.6 is 0 Å². The molecule has 4 nitrogen and oxygen atoms in total. The van der Waals surface area contributed by atoms with Crippen molar-refractivity contribution in [2.75, 3.05) is 6.61 Å². The highest BCUT2D eigenvalue weighted by molar-refractivity contribution is 5.92. The molecule has 4 heteroatoms. The summed E-state index contributed by atoms with van der Waals surface area (Å²) in [5.74, 6) is -0.431. The average Bonchev–Trinajstić information content (AvgIpc) is 2.54. The summed E-state index contributed by atoms with van der Waals surface area (Å²) in [4.78, 5) is 11.0. The van der Waals surface area contributed by atoms with E-state index in [1.807, 2.05) is 49.4 Å². The van der Waals surface area contributed by atoms with Crippen LogP contribution in [0, 0.1) is 0 Å². The predicted octanol–water partition coefficient (Wildman–Crippen LogP) is 1.78. The molecule has 0 aliphatic rings. The lowest BCUT2D eigenvalue weighted by Gasteiger charge is -2.29. The van der Waals surface area contributed by atoms with Crippen LogP contribution in [0.3, 0.4) is 0 Å². The van der Waals surface area contributed by atoms with Gasteiger partial charge in [0.15, 0.2) is 0 Å². The molecule has 2 aromatic rings. The van der Waals surface area contributed by atoms with Crippen LogP contribution in [0.1, 0.15) is 28.4 Å². The van der Waals surface area contributed by atoms with Gasteiger partial charge in [-0.3, -0.25) is 4.79 Å². The summed E-state index contributed by atoms with van der Waals surface area (Å²) < 4.78 is 0. The molecule has 0 heterocycles. The number of rotatable bonds is 6. The molecule has 110 valence electrons. The van der Waals surface area contributed by atoms with Crippen LogP contribution in [0.25, 0.3) is 0 Å². The Kier molecular flexibility index (Phi) is 4.73. The Morgan fingerprint density at radius 2 is 1.76 bits per heavy atom. The first kappa shape index (κ1) is 15.2. The minimum Gasteiger partial charge on any atom is -0.394 e. The van der Waals surface area contributed by atoms with Crippen molar-refractivity contribution in [2.45, 2.75) is 19.0 Å². The molecule has 0 aromatic heterocycles. The van der Waals surface area contributed by atoms with Crippen molar-refractivity contribution in [3.8, 4) is 0 Å². The standard InChI is InChI=1S/C17H20N2O2/c1-17(12-20,15-5-3-2-4-6-15)19-11-13-7-9-14(10-8-13)16(18)21/h2-10,19-20H,11-12H2,1H3,(H2,18,21). The van der Waals surface area contributed by atoms with Gasteiger partial charge >= 0.3 is 0 Å². The highest BCUT2D eigenvalue weighted by atomic mass is 16.3. The van der Waals surface area contributed by atoms with Gasteiger partial charge in [-0.1, -0.05) is 42.5 Å². The molecule has 0 fully saturated rings. The molecule has 0 radical (unpaired) electrons. The molecule has 0 aliphatic carbocycles. The summed E-state index contributed by atoms with van der Waals surface area (Å²) in [6, 6.07) is 16.9. The molecular formula is C17H20N2O2. The fourth-order valence-corrected chi connectivity index (χ4v) is 2.14. The minimum absolute atomic E-state index is 0.00359. The first-order valence-corrected chi connectivity index (χ1v) is 6.85. The highest BCUT2D eigenvalue weighted by Gasteiger charge is 2.24. The third kappa shape index (κ3) is 3.68. The van der Waals surface area contributed by atoms with Crippen molar-refractivity contribution in [3.63, 3.8) is 0 Å². The lowest BCUT2D eigenvalue weighted by molar-refractivity contribution is 0.100. The molecule has 0 saturated heterocycles. The van der Waals surface area contributed by atoms with E-state index >= 15 is 0 Å². The number of nitrogens with one attached hydrogen (secondary N) is 1. The first-order chi connectivity index (χ1) is 10.0. The number of benzene rings is 2. The molecule has 1 amide bonds. The van der Waals surface area contributed by atoms with Gasteiger partial charge in [0.25, 0.3) is 0 Å². The number of carbonyl (C=O) groups is 1. The summed E-state index contributed by atoms with van der Waals surface area (Å²) in [5, 5.41) is 13.1. The highest BCUT2D eigenvalue weighted by Crippen LogP contribution is 2.20. The zero-order chi connectivity index (χ0) is 15.3. The minimum atomic E-state index is -0.510. The second-order valence-corrected chi connectivity index (χ2v) is 5.27. The van der Waals surface area contributed by atoms with Gasteiger partial charge in [0.2, 0.25) is 5.91 Å². The van der Waals surface area contributed by atoms with Gasteiger partial charge in [-0.2, -0.15) is 0 Å². The number of nitrogens with two attached hydrogens (primary N) is 1. The maximum Gasteiger partial charge on any atom is 0.248 e. The van der Waals surface area contributed by atoms with Crippen molar-refractivity contribution >= 4 is 5.91 Å². The molecule has 1 unspecified atom stereocenters. The Hall–Kier alpha value is -2.17. The van der Waals surface area contributed by atoms with E-state index in [1.54, 1.807) is 12.1 Å². The second-order valence-electron chi connectivity index (χ2n) is 5.27. The lowest BCUT2D eigenvalue weighted by Crippen LogP contribution is -2.42. The molecule has 2 rings (SSSR count). The quantitative estimate of drug-likeness (QED) is 0.757. The number of aliphatic hydroxyl groups excluding tert-OH is 1. The SMILES string of the molecule is CC(CO)(NCc1ccc(C(N)=O)cc1)c1ccccc1. The smallest absolute Gasteiger partial charge is 0.248 e. The third-order valence-electron chi connectivity index (χ3n) is 3.65. The molecule has 4 N–H and O–H groups in total. The van der Waals surface area contributed by atoms with Crippen LogP contribution in [0.4, 0.5) is 0 Å². The summed E-state index contributed by atoms with van der Waals surface area (Å²) >= 11 is 0. The summed E-state index contributed by atoms with van der Waals surface area (Å²) in [7, 11) is 0. The van der Waals surface area contributed by atoms with E-state index in [4.69, 9.17) is 5.73 Å². The Bertz CT molecular complexity index is 596. The van der Waals surface area contributed by atoms with E-state index in [0.29, 0.717) is 12.1 Å². The summed E-state index contributed by atoms with van der Waals surface area (Å²) in [5.41, 5.74) is 7.25. The molecule has 1 atom stereocenters. The molecular weight excluding hydrogens is 264 g/mol. The largest absolute Gasteiger partial charge is 0.394 e. The molecule has 0 bridgehead atoms. The number of amides is 1. The molecule has 2 aromatic carbocycles. The third-order valence-corrected chi connectivity index (χ3v) is 3.65. The monoisotopic (exact) mass is 284 g/mol. The van der Waals surface area contributed by atoms with Gasteiger partial charge < -0.3 is 16.2 Å². The van der Waals surface area contributed by atoms with E-state index in [-0.39, 0.29) is 6.61 Å². The van der Waals surface area contributed by atoms with Gasteiger partial charge in [-0.25, -0.2) is 0 Å².